The van der Waals surface area contributed by atoms with Gasteiger partial charge in [-0.1, -0.05) is 0 Å². The summed E-state index contributed by atoms with van der Waals surface area (Å²) in [6.07, 6.45) is -0.330. The molecule has 0 aromatic heterocycles. The minimum atomic E-state index is -0.330. The summed E-state index contributed by atoms with van der Waals surface area (Å²) in [6, 6.07) is 7.18. The number of hydrogen-bond acceptors (Lipinski definition) is 4. The average molecular weight is 289 g/mol. The molecule has 0 spiro atoms. The molecular formula is C15H19N3O3. The fourth-order valence-corrected chi connectivity index (χ4v) is 2.69. The van der Waals surface area contributed by atoms with E-state index in [0.717, 1.165) is 31.9 Å². The molecule has 21 heavy (non-hydrogen) atoms. The number of cyclic esters (lactones) is 1. The van der Waals surface area contributed by atoms with E-state index in [2.05, 4.69) is 5.32 Å². The zero-order valence-electron chi connectivity index (χ0n) is 12.0. The van der Waals surface area contributed by atoms with Crippen molar-refractivity contribution in [1.82, 2.24) is 10.2 Å². The highest BCUT2D eigenvalue weighted by Gasteiger charge is 2.30. The van der Waals surface area contributed by atoms with Crippen LogP contribution in [-0.2, 0) is 4.74 Å². The maximum Gasteiger partial charge on any atom is 0.414 e. The molecule has 2 heterocycles. The normalized spacial score (nSPS) is 22.3. The molecule has 1 N–H and O–H groups in total. The Morgan fingerprint density at radius 3 is 2.48 bits per heavy atom. The number of rotatable bonds is 2. The second-order valence-electron chi connectivity index (χ2n) is 5.39. The minimum absolute atomic E-state index is 0.0206. The number of nitrogens with zero attached hydrogens (tertiary/aromatic N) is 2. The van der Waals surface area contributed by atoms with Crippen LogP contribution in [0.1, 0.15) is 17.3 Å². The van der Waals surface area contributed by atoms with Crippen molar-refractivity contribution < 1.29 is 14.3 Å². The second-order valence-corrected chi connectivity index (χ2v) is 5.39. The third-order valence-corrected chi connectivity index (χ3v) is 3.88. The summed E-state index contributed by atoms with van der Waals surface area (Å²) >= 11 is 0. The standard InChI is InChI=1S/C15H19N3O3/c1-11-10-21-15(20)18(11)13-4-2-12(3-5-13)14(19)17-8-6-16-7-9-17/h2-5,11,16H,6-10H2,1H3/t11-/m1/s1. The Morgan fingerprint density at radius 2 is 1.90 bits per heavy atom. The van der Waals surface area contributed by atoms with Crippen LogP contribution >= 0.6 is 0 Å². The fraction of sp³-hybridized carbons (Fsp3) is 0.467. The summed E-state index contributed by atoms with van der Waals surface area (Å²) in [5.74, 6) is 0.0418. The van der Waals surface area contributed by atoms with Gasteiger partial charge in [-0.05, 0) is 31.2 Å². The van der Waals surface area contributed by atoms with Gasteiger partial charge in [0.25, 0.3) is 5.91 Å². The van der Waals surface area contributed by atoms with E-state index in [1.165, 1.54) is 0 Å². The topological polar surface area (TPSA) is 61.9 Å². The lowest BCUT2D eigenvalue weighted by Gasteiger charge is -2.27. The van der Waals surface area contributed by atoms with Crippen LogP contribution in [0.4, 0.5) is 10.5 Å². The molecule has 0 bridgehead atoms. The molecule has 1 atom stereocenters. The number of amides is 2. The van der Waals surface area contributed by atoms with Crippen molar-refractivity contribution in [2.24, 2.45) is 0 Å². The van der Waals surface area contributed by atoms with Gasteiger partial charge < -0.3 is 15.0 Å². The Morgan fingerprint density at radius 1 is 1.24 bits per heavy atom. The molecule has 6 heteroatoms. The molecule has 2 saturated heterocycles. The number of ether oxygens (including phenoxy) is 1. The molecular weight excluding hydrogens is 270 g/mol. The lowest BCUT2D eigenvalue weighted by Crippen LogP contribution is -2.46. The van der Waals surface area contributed by atoms with Gasteiger partial charge in [-0.25, -0.2) is 4.79 Å². The second kappa shape index (κ2) is 5.73. The molecule has 3 rings (SSSR count). The van der Waals surface area contributed by atoms with Gasteiger partial charge in [0, 0.05) is 37.4 Å². The predicted octanol–water partition coefficient (Wildman–Crippen LogP) is 1.08. The van der Waals surface area contributed by atoms with Gasteiger partial charge in [-0.2, -0.15) is 0 Å². The molecule has 2 amide bonds. The molecule has 2 aliphatic rings. The Hall–Kier alpha value is -2.08. The zero-order valence-corrected chi connectivity index (χ0v) is 12.0. The maximum absolute atomic E-state index is 12.4. The molecule has 6 nitrogen and oxygen atoms in total. The lowest BCUT2D eigenvalue weighted by molar-refractivity contribution is 0.0736. The van der Waals surface area contributed by atoms with E-state index in [4.69, 9.17) is 4.74 Å². The monoisotopic (exact) mass is 289 g/mol. The number of piperazine rings is 1. The molecule has 0 saturated carbocycles. The molecule has 112 valence electrons. The highest BCUT2D eigenvalue weighted by Crippen LogP contribution is 2.23. The summed E-state index contributed by atoms with van der Waals surface area (Å²) in [5.41, 5.74) is 1.42. The van der Waals surface area contributed by atoms with E-state index < -0.39 is 0 Å². The van der Waals surface area contributed by atoms with E-state index in [1.807, 2.05) is 11.8 Å². The van der Waals surface area contributed by atoms with Gasteiger partial charge in [0.1, 0.15) is 6.61 Å². The Balaban J connectivity index is 1.74. The first-order chi connectivity index (χ1) is 10.2. The molecule has 0 unspecified atom stereocenters. The van der Waals surface area contributed by atoms with E-state index >= 15 is 0 Å². The summed E-state index contributed by atoms with van der Waals surface area (Å²) in [6.45, 7) is 5.47. The third kappa shape index (κ3) is 2.71. The first kappa shape index (κ1) is 13.9. The van der Waals surface area contributed by atoms with Crippen LogP contribution in [0.3, 0.4) is 0 Å². The van der Waals surface area contributed by atoms with Gasteiger partial charge in [0.2, 0.25) is 0 Å². The number of carbonyl (C=O) groups excluding carboxylic acids is 2. The molecule has 0 radical (unpaired) electrons. The van der Waals surface area contributed by atoms with Crippen LogP contribution in [-0.4, -0.2) is 55.7 Å². The fourth-order valence-electron chi connectivity index (χ4n) is 2.69. The largest absolute Gasteiger partial charge is 0.447 e. The quantitative estimate of drug-likeness (QED) is 0.885. The van der Waals surface area contributed by atoms with Crippen molar-refractivity contribution in [2.45, 2.75) is 13.0 Å². The molecule has 1 aromatic rings. The van der Waals surface area contributed by atoms with Crippen molar-refractivity contribution in [1.29, 1.82) is 0 Å². The van der Waals surface area contributed by atoms with E-state index in [1.54, 1.807) is 29.2 Å². The molecule has 1 aromatic carbocycles. The summed E-state index contributed by atoms with van der Waals surface area (Å²) in [7, 11) is 0. The number of hydrogen-bond donors (Lipinski definition) is 1. The first-order valence-corrected chi connectivity index (χ1v) is 7.23. The minimum Gasteiger partial charge on any atom is -0.447 e. The number of anilines is 1. The number of nitrogens with one attached hydrogen (secondary N) is 1. The maximum atomic E-state index is 12.4. The molecule has 0 aliphatic carbocycles. The van der Waals surface area contributed by atoms with Gasteiger partial charge in [0.05, 0.1) is 6.04 Å². The SMILES string of the molecule is C[C@@H]1COC(=O)N1c1ccc(C(=O)N2CCNCC2)cc1. The third-order valence-electron chi connectivity index (χ3n) is 3.88. The van der Waals surface area contributed by atoms with Crippen molar-refractivity contribution >= 4 is 17.7 Å². The van der Waals surface area contributed by atoms with E-state index in [0.29, 0.717) is 12.2 Å². The first-order valence-electron chi connectivity index (χ1n) is 7.23. The van der Waals surface area contributed by atoms with Crippen LogP contribution in [0.2, 0.25) is 0 Å². The molecule has 2 aliphatic heterocycles. The molecule has 2 fully saturated rings. The van der Waals surface area contributed by atoms with Crippen LogP contribution in [0, 0.1) is 0 Å². The summed E-state index contributed by atoms with van der Waals surface area (Å²) in [5, 5.41) is 3.23. The van der Waals surface area contributed by atoms with Crippen LogP contribution in [0.5, 0.6) is 0 Å². The highest BCUT2D eigenvalue weighted by molar-refractivity contribution is 5.96. The van der Waals surface area contributed by atoms with E-state index in [9.17, 15) is 9.59 Å². The number of benzene rings is 1. The van der Waals surface area contributed by atoms with Crippen LogP contribution < -0.4 is 10.2 Å². The Bertz CT molecular complexity index is 538. The summed E-state index contributed by atoms with van der Waals surface area (Å²) in [4.78, 5) is 27.5. The predicted molar refractivity (Wildman–Crippen MR) is 78.5 cm³/mol. The van der Waals surface area contributed by atoms with Crippen molar-refractivity contribution in [2.75, 3.05) is 37.7 Å². The van der Waals surface area contributed by atoms with Crippen molar-refractivity contribution in [3.05, 3.63) is 29.8 Å². The summed E-state index contributed by atoms with van der Waals surface area (Å²) < 4.78 is 5.01. The zero-order chi connectivity index (χ0) is 14.8. The van der Waals surface area contributed by atoms with Crippen LogP contribution in [0.15, 0.2) is 24.3 Å². The highest BCUT2D eigenvalue weighted by atomic mass is 16.6. The Kier molecular flexibility index (Phi) is 3.79. The van der Waals surface area contributed by atoms with Gasteiger partial charge in [0.15, 0.2) is 0 Å². The average Bonchev–Trinajstić information content (AvgIpc) is 2.87. The Labute approximate surface area is 123 Å². The van der Waals surface area contributed by atoms with Gasteiger partial charge in [-0.15, -0.1) is 0 Å². The van der Waals surface area contributed by atoms with Gasteiger partial charge >= 0.3 is 6.09 Å². The lowest BCUT2D eigenvalue weighted by atomic mass is 10.1. The van der Waals surface area contributed by atoms with Gasteiger partial charge in [-0.3, -0.25) is 9.69 Å². The number of carbonyl (C=O) groups is 2. The van der Waals surface area contributed by atoms with E-state index in [-0.39, 0.29) is 18.0 Å². The smallest absolute Gasteiger partial charge is 0.414 e. The van der Waals surface area contributed by atoms with Crippen LogP contribution in [0.25, 0.3) is 0 Å². The van der Waals surface area contributed by atoms with Crippen molar-refractivity contribution in [3.8, 4) is 0 Å². The van der Waals surface area contributed by atoms with Crippen molar-refractivity contribution in [3.63, 3.8) is 0 Å².